The highest BCUT2D eigenvalue weighted by Gasteiger charge is 2.21. The molecular formula is C15H18N4S. The molecule has 1 aliphatic heterocycles. The van der Waals surface area contributed by atoms with Crippen LogP contribution >= 0.6 is 11.8 Å². The summed E-state index contributed by atoms with van der Waals surface area (Å²) >= 11 is 1.98. The average Bonchev–Trinajstić information content (AvgIpc) is 2.46. The molecule has 0 radical (unpaired) electrons. The number of aromatic nitrogens is 1. The van der Waals surface area contributed by atoms with Crippen LogP contribution < -0.4 is 10.6 Å². The van der Waals surface area contributed by atoms with E-state index in [0.717, 1.165) is 41.1 Å². The van der Waals surface area contributed by atoms with Crippen molar-refractivity contribution in [2.45, 2.75) is 12.2 Å². The molecular weight excluding hydrogens is 268 g/mol. The monoisotopic (exact) mass is 286 g/mol. The number of nitrogens with two attached hydrogens (primary N) is 1. The molecule has 1 saturated heterocycles. The van der Waals surface area contributed by atoms with Gasteiger partial charge in [-0.1, -0.05) is 25.1 Å². The van der Waals surface area contributed by atoms with Gasteiger partial charge in [0.25, 0.3) is 0 Å². The largest absolute Gasteiger partial charge is 0.384 e. The Bertz CT molecular complexity index is 655. The number of benzene rings is 1. The van der Waals surface area contributed by atoms with Crippen LogP contribution in [0.25, 0.3) is 10.9 Å². The maximum Gasteiger partial charge on any atom is 0.140 e. The van der Waals surface area contributed by atoms with Crippen molar-refractivity contribution in [3.05, 3.63) is 35.9 Å². The van der Waals surface area contributed by atoms with Gasteiger partial charge in [0.1, 0.15) is 11.7 Å². The molecule has 0 amide bonds. The second kappa shape index (κ2) is 5.32. The Kier molecular flexibility index (Phi) is 3.53. The molecule has 2 heterocycles. The number of hydrogen-bond donors (Lipinski definition) is 2. The third kappa shape index (κ3) is 2.45. The van der Waals surface area contributed by atoms with E-state index in [1.807, 2.05) is 42.1 Å². The fourth-order valence-corrected chi connectivity index (χ4v) is 3.57. The Balaban J connectivity index is 2.11. The van der Waals surface area contributed by atoms with Crippen molar-refractivity contribution in [1.82, 2.24) is 4.98 Å². The number of nitrogen functional groups attached to an aromatic ring is 1. The first kappa shape index (κ1) is 13.2. The minimum absolute atomic E-state index is 0.0872. The van der Waals surface area contributed by atoms with Gasteiger partial charge in [-0.2, -0.15) is 11.8 Å². The Morgan fingerprint density at radius 2 is 2.25 bits per heavy atom. The van der Waals surface area contributed by atoms with Gasteiger partial charge in [-0.15, -0.1) is 0 Å². The van der Waals surface area contributed by atoms with Crippen LogP contribution in [0.5, 0.6) is 0 Å². The highest BCUT2D eigenvalue weighted by Crippen LogP contribution is 2.27. The molecule has 3 rings (SSSR count). The second-order valence-electron chi connectivity index (χ2n) is 5.09. The Labute approximate surface area is 122 Å². The summed E-state index contributed by atoms with van der Waals surface area (Å²) < 4.78 is 0. The van der Waals surface area contributed by atoms with Crippen molar-refractivity contribution in [2.24, 2.45) is 5.73 Å². The zero-order valence-corrected chi connectivity index (χ0v) is 12.3. The summed E-state index contributed by atoms with van der Waals surface area (Å²) in [5, 5.41) is 9.44. The lowest BCUT2D eigenvalue weighted by atomic mass is 10.1. The van der Waals surface area contributed by atoms with Crippen molar-refractivity contribution in [1.29, 1.82) is 5.41 Å². The molecule has 1 atom stereocenters. The lowest BCUT2D eigenvalue weighted by Gasteiger charge is -2.32. The van der Waals surface area contributed by atoms with E-state index >= 15 is 0 Å². The van der Waals surface area contributed by atoms with Crippen molar-refractivity contribution in [2.75, 3.05) is 23.7 Å². The molecule has 0 saturated carbocycles. The minimum atomic E-state index is 0.0872. The van der Waals surface area contributed by atoms with Crippen molar-refractivity contribution >= 4 is 34.3 Å². The van der Waals surface area contributed by atoms with Gasteiger partial charge in [0.2, 0.25) is 0 Å². The van der Waals surface area contributed by atoms with Crippen LogP contribution in [0.1, 0.15) is 12.5 Å². The van der Waals surface area contributed by atoms with Crippen LogP contribution in [0.2, 0.25) is 0 Å². The maximum atomic E-state index is 7.83. The van der Waals surface area contributed by atoms with Gasteiger partial charge in [-0.3, -0.25) is 5.41 Å². The molecule has 0 bridgehead atoms. The standard InChI is InChI=1S/C15H18N4S/c1-10-9-19(6-7-20-10)15-12(14(16)17)8-11-4-2-3-5-13(11)18-15/h2-5,8,10H,6-7,9H2,1H3,(H3,16,17). The van der Waals surface area contributed by atoms with Gasteiger partial charge in [-0.05, 0) is 12.1 Å². The first-order valence-corrected chi connectivity index (χ1v) is 7.81. The van der Waals surface area contributed by atoms with Gasteiger partial charge in [-0.25, -0.2) is 4.98 Å². The van der Waals surface area contributed by atoms with Crippen LogP contribution in [-0.4, -0.2) is 34.9 Å². The molecule has 104 valence electrons. The molecule has 5 heteroatoms. The summed E-state index contributed by atoms with van der Waals surface area (Å²) in [5.41, 5.74) is 7.45. The minimum Gasteiger partial charge on any atom is -0.384 e. The molecule has 0 spiro atoms. The van der Waals surface area contributed by atoms with E-state index in [0.29, 0.717) is 5.25 Å². The molecule has 1 aliphatic rings. The summed E-state index contributed by atoms with van der Waals surface area (Å²) in [5.74, 6) is 2.03. The van der Waals surface area contributed by atoms with E-state index < -0.39 is 0 Å². The summed E-state index contributed by atoms with van der Waals surface area (Å²) in [6, 6.07) is 9.96. The first-order valence-electron chi connectivity index (χ1n) is 6.76. The van der Waals surface area contributed by atoms with Crippen LogP contribution in [0.4, 0.5) is 5.82 Å². The van der Waals surface area contributed by atoms with Crippen molar-refractivity contribution in [3.63, 3.8) is 0 Å². The summed E-state index contributed by atoms with van der Waals surface area (Å²) in [4.78, 5) is 7.00. The molecule has 3 N–H and O–H groups in total. The Hall–Kier alpha value is -1.75. The van der Waals surface area contributed by atoms with Crippen molar-refractivity contribution < 1.29 is 0 Å². The number of fused-ring (bicyclic) bond motifs is 1. The highest BCUT2D eigenvalue weighted by atomic mass is 32.2. The third-order valence-corrected chi connectivity index (χ3v) is 4.67. The zero-order valence-electron chi connectivity index (χ0n) is 11.5. The van der Waals surface area contributed by atoms with Crippen LogP contribution in [-0.2, 0) is 0 Å². The van der Waals surface area contributed by atoms with E-state index in [-0.39, 0.29) is 5.84 Å². The molecule has 1 aromatic carbocycles. The number of pyridine rings is 1. The second-order valence-corrected chi connectivity index (χ2v) is 6.64. The average molecular weight is 286 g/mol. The normalized spacial score (nSPS) is 19.2. The SMILES string of the molecule is CC1CN(c2nc3ccccc3cc2C(=N)N)CCS1. The number of rotatable bonds is 2. The Morgan fingerprint density at radius 1 is 1.45 bits per heavy atom. The molecule has 2 aromatic rings. The van der Waals surface area contributed by atoms with Crippen LogP contribution in [0.15, 0.2) is 30.3 Å². The predicted molar refractivity (Wildman–Crippen MR) is 86.9 cm³/mol. The van der Waals surface area contributed by atoms with Crippen molar-refractivity contribution in [3.8, 4) is 0 Å². The van der Waals surface area contributed by atoms with E-state index in [4.69, 9.17) is 16.1 Å². The van der Waals surface area contributed by atoms with E-state index in [9.17, 15) is 0 Å². The Morgan fingerprint density at radius 3 is 3.00 bits per heavy atom. The number of anilines is 1. The summed E-state index contributed by atoms with van der Waals surface area (Å²) in [6.07, 6.45) is 0. The van der Waals surface area contributed by atoms with E-state index in [1.165, 1.54) is 0 Å². The number of thioether (sulfide) groups is 1. The maximum absolute atomic E-state index is 7.83. The highest BCUT2D eigenvalue weighted by molar-refractivity contribution is 8.00. The first-order chi connectivity index (χ1) is 9.65. The molecule has 1 unspecified atom stereocenters. The molecule has 4 nitrogen and oxygen atoms in total. The van der Waals surface area contributed by atoms with E-state index in [1.54, 1.807) is 0 Å². The summed E-state index contributed by atoms with van der Waals surface area (Å²) in [6.45, 7) is 4.14. The quantitative estimate of drug-likeness (QED) is 0.657. The fraction of sp³-hybridized carbons (Fsp3) is 0.333. The fourth-order valence-electron chi connectivity index (χ4n) is 2.56. The van der Waals surface area contributed by atoms with E-state index in [2.05, 4.69) is 11.8 Å². The third-order valence-electron chi connectivity index (χ3n) is 3.53. The van der Waals surface area contributed by atoms with Gasteiger partial charge < -0.3 is 10.6 Å². The van der Waals surface area contributed by atoms with Crippen LogP contribution in [0, 0.1) is 5.41 Å². The van der Waals surface area contributed by atoms with Gasteiger partial charge >= 0.3 is 0 Å². The topological polar surface area (TPSA) is 66.0 Å². The number of amidine groups is 1. The molecule has 20 heavy (non-hydrogen) atoms. The lowest BCUT2D eigenvalue weighted by Crippen LogP contribution is -2.38. The molecule has 1 aromatic heterocycles. The molecule has 1 fully saturated rings. The number of nitrogens with zero attached hydrogens (tertiary/aromatic N) is 2. The number of nitrogens with one attached hydrogen (secondary N) is 1. The zero-order chi connectivity index (χ0) is 14.1. The van der Waals surface area contributed by atoms with Crippen LogP contribution in [0.3, 0.4) is 0 Å². The smallest absolute Gasteiger partial charge is 0.140 e. The molecule has 0 aliphatic carbocycles. The van der Waals surface area contributed by atoms with Gasteiger partial charge in [0.15, 0.2) is 0 Å². The lowest BCUT2D eigenvalue weighted by molar-refractivity contribution is 0.771. The predicted octanol–water partition coefficient (Wildman–Crippen LogP) is 2.46. The van der Waals surface area contributed by atoms with Gasteiger partial charge in [0, 0.05) is 29.5 Å². The van der Waals surface area contributed by atoms with Gasteiger partial charge in [0.05, 0.1) is 11.1 Å². The number of para-hydroxylation sites is 1. The number of hydrogen-bond acceptors (Lipinski definition) is 4. The summed E-state index contributed by atoms with van der Waals surface area (Å²) in [7, 11) is 0.